The van der Waals surface area contributed by atoms with Crippen LogP contribution in [0.5, 0.6) is 5.88 Å². The molecule has 4 aromatic rings. The van der Waals surface area contributed by atoms with Crippen LogP contribution in [0, 0.1) is 18.8 Å². The normalized spacial score (nSPS) is 25.7. The summed E-state index contributed by atoms with van der Waals surface area (Å²) >= 11 is 0. The van der Waals surface area contributed by atoms with E-state index in [-0.39, 0.29) is 36.9 Å². The van der Waals surface area contributed by atoms with Crippen LogP contribution in [0.15, 0.2) is 30.3 Å². The number of rotatable bonds is 8. The summed E-state index contributed by atoms with van der Waals surface area (Å²) in [5.74, 6) is -3.84. The zero-order valence-corrected chi connectivity index (χ0v) is 26.3. The second-order valence-corrected chi connectivity index (χ2v) is 13.8. The van der Waals surface area contributed by atoms with E-state index in [1.807, 2.05) is 34.4 Å². The number of aromatic nitrogens is 4. The van der Waals surface area contributed by atoms with Gasteiger partial charge in [0.05, 0.1) is 30.2 Å². The molecule has 8 rings (SSSR count). The Balaban J connectivity index is 1.17. The molecule has 4 aromatic heterocycles. The van der Waals surface area contributed by atoms with Gasteiger partial charge in [-0.05, 0) is 82.6 Å². The molecule has 2 saturated carbocycles. The second-order valence-electron chi connectivity index (χ2n) is 13.8. The Morgan fingerprint density at radius 2 is 1.93 bits per heavy atom. The molecule has 2 bridgehead atoms. The molecule has 4 aliphatic rings. The molecule has 6 heterocycles. The van der Waals surface area contributed by atoms with Gasteiger partial charge >= 0.3 is 0 Å². The molecule has 2 amide bonds. The predicted octanol–water partition coefficient (Wildman–Crippen LogP) is 5.00. The number of methoxy groups -OCH3 is 1. The minimum atomic E-state index is -2.95. The molecule has 0 radical (unpaired) electrons. The molecule has 2 aliphatic carbocycles. The minimum absolute atomic E-state index is 0.0165. The first-order chi connectivity index (χ1) is 22.0. The number of amides is 2. The highest BCUT2D eigenvalue weighted by molar-refractivity contribution is 5.97. The fourth-order valence-corrected chi connectivity index (χ4v) is 7.83. The lowest BCUT2D eigenvalue weighted by Gasteiger charge is -2.35. The Labute approximate surface area is 265 Å². The van der Waals surface area contributed by atoms with Crippen molar-refractivity contribution in [1.29, 1.82) is 0 Å². The molecule has 242 valence electrons. The Morgan fingerprint density at radius 1 is 1.13 bits per heavy atom. The molecule has 1 unspecified atom stereocenters. The summed E-state index contributed by atoms with van der Waals surface area (Å²) in [5.41, 5.74) is 11.4. The van der Waals surface area contributed by atoms with Crippen molar-refractivity contribution in [1.82, 2.24) is 29.2 Å². The monoisotopic (exact) mass is 631 g/mol. The number of aryl methyl sites for hydroxylation is 1. The minimum Gasteiger partial charge on any atom is -0.482 e. The molecule has 46 heavy (non-hydrogen) atoms. The van der Waals surface area contributed by atoms with Crippen molar-refractivity contribution in [3.8, 4) is 17.3 Å². The van der Waals surface area contributed by atoms with E-state index in [0.29, 0.717) is 28.7 Å². The number of carbonyl (C=O) groups excluding carboxylic acids is 2. The van der Waals surface area contributed by atoms with Crippen molar-refractivity contribution in [2.24, 2.45) is 17.6 Å². The zero-order chi connectivity index (χ0) is 32.1. The van der Waals surface area contributed by atoms with Gasteiger partial charge in [0.2, 0.25) is 5.91 Å². The number of nitrogens with two attached hydrogens (primary N) is 1. The fourth-order valence-electron chi connectivity index (χ4n) is 7.83. The van der Waals surface area contributed by atoms with E-state index >= 15 is 0 Å². The molecule has 2 aliphatic heterocycles. The quantitative estimate of drug-likeness (QED) is 0.282. The largest absolute Gasteiger partial charge is 0.482 e. The number of fused-ring (bicyclic) bond motifs is 4. The summed E-state index contributed by atoms with van der Waals surface area (Å²) in [7, 11) is 1.60. The number of hydrogen-bond donors (Lipinski definition) is 2. The van der Waals surface area contributed by atoms with Gasteiger partial charge in [-0.25, -0.2) is 18.7 Å². The molecule has 12 heteroatoms. The van der Waals surface area contributed by atoms with Gasteiger partial charge in [0.1, 0.15) is 22.9 Å². The van der Waals surface area contributed by atoms with Crippen LogP contribution in [0.1, 0.15) is 79.7 Å². The van der Waals surface area contributed by atoms with Crippen molar-refractivity contribution in [3.63, 3.8) is 0 Å². The summed E-state index contributed by atoms with van der Waals surface area (Å²) in [6, 6.07) is 9.24. The van der Waals surface area contributed by atoms with Crippen LogP contribution >= 0.6 is 0 Å². The number of carbonyl (C=O) groups is 2. The van der Waals surface area contributed by atoms with Gasteiger partial charge in [-0.3, -0.25) is 14.0 Å². The molecule has 3 N–H and O–H groups in total. The van der Waals surface area contributed by atoms with Gasteiger partial charge in [-0.15, -0.1) is 0 Å². The van der Waals surface area contributed by atoms with Crippen LogP contribution < -0.4 is 15.8 Å². The van der Waals surface area contributed by atoms with E-state index in [1.54, 1.807) is 20.1 Å². The lowest BCUT2D eigenvalue weighted by atomic mass is 9.80. The molecule has 0 spiro atoms. The standard InChI is InChI=1S/C34H39F2N7O3/c1-17(38-32(44)23-10-11-34(23,35)36)25-8-6-20-12-27(41(31(20)39-25)16-19-4-5-19)30-18(2)42-28(40-30)13-21(14-29(42)46-3)33(45)43-22-7-9-26(43)24(37)15-22/h6,8,12-14,17,19,22-24,26H,4-5,7,9-11,15-16,37H2,1-3H3,(H,38,44)/t17-,22+,23?,24-,26-/m1/s1. The molecular weight excluding hydrogens is 592 g/mol. The van der Waals surface area contributed by atoms with Gasteiger partial charge in [0.15, 0.2) is 5.88 Å². The van der Waals surface area contributed by atoms with Crippen LogP contribution in [0.2, 0.25) is 0 Å². The number of nitrogens with one attached hydrogen (secondary N) is 1. The zero-order valence-electron chi connectivity index (χ0n) is 26.3. The Morgan fingerprint density at radius 3 is 2.57 bits per heavy atom. The number of ether oxygens (including phenoxy) is 1. The molecule has 2 saturated heterocycles. The number of pyridine rings is 2. The summed E-state index contributed by atoms with van der Waals surface area (Å²) in [5, 5.41) is 3.68. The van der Waals surface area contributed by atoms with Crippen molar-refractivity contribution in [3.05, 3.63) is 47.3 Å². The van der Waals surface area contributed by atoms with Crippen LogP contribution in [-0.2, 0) is 11.3 Å². The Kier molecular flexibility index (Phi) is 6.69. The average Bonchev–Trinajstić information content (AvgIpc) is 3.34. The third kappa shape index (κ3) is 4.58. The van der Waals surface area contributed by atoms with Crippen molar-refractivity contribution < 1.29 is 23.1 Å². The lowest BCUT2D eigenvalue weighted by Crippen LogP contribution is -2.49. The van der Waals surface area contributed by atoms with E-state index in [9.17, 15) is 18.4 Å². The van der Waals surface area contributed by atoms with Crippen LogP contribution in [-0.4, -0.2) is 66.8 Å². The van der Waals surface area contributed by atoms with Gasteiger partial charge in [-0.2, -0.15) is 0 Å². The van der Waals surface area contributed by atoms with E-state index in [4.69, 9.17) is 20.4 Å². The number of halogens is 2. The topological polar surface area (TPSA) is 120 Å². The summed E-state index contributed by atoms with van der Waals surface area (Å²) in [6.45, 7) is 4.53. The van der Waals surface area contributed by atoms with Crippen molar-refractivity contribution in [2.75, 3.05) is 7.11 Å². The van der Waals surface area contributed by atoms with Crippen LogP contribution in [0.25, 0.3) is 28.1 Å². The SMILES string of the molecule is COc1cc(C(=O)N2[C@H]3CC[C@@H]2[C@H](N)C3)cc2nc(-c3cc4ccc([C@@H](C)NC(=O)C5CCC5(F)F)nc4n3CC3CC3)c(C)n12. The first kappa shape index (κ1) is 29.3. The summed E-state index contributed by atoms with van der Waals surface area (Å²) in [4.78, 5) is 38.4. The number of alkyl halides is 2. The van der Waals surface area contributed by atoms with Crippen LogP contribution in [0.4, 0.5) is 8.78 Å². The number of imidazole rings is 1. The van der Waals surface area contributed by atoms with Crippen molar-refractivity contribution in [2.45, 2.75) is 95.4 Å². The molecule has 5 atom stereocenters. The van der Waals surface area contributed by atoms with Gasteiger partial charge in [-0.1, -0.05) is 0 Å². The Hall–Kier alpha value is -4.06. The highest BCUT2D eigenvalue weighted by atomic mass is 19.3. The highest BCUT2D eigenvalue weighted by Gasteiger charge is 2.52. The second kappa shape index (κ2) is 10.5. The average molecular weight is 632 g/mol. The third-order valence-electron chi connectivity index (χ3n) is 10.7. The van der Waals surface area contributed by atoms with Gasteiger partial charge < -0.3 is 25.3 Å². The highest BCUT2D eigenvalue weighted by Crippen LogP contribution is 2.44. The maximum Gasteiger partial charge on any atom is 0.259 e. The Bertz CT molecular complexity index is 1900. The van der Waals surface area contributed by atoms with E-state index in [1.165, 1.54) is 0 Å². The molecule has 0 aromatic carbocycles. The third-order valence-corrected chi connectivity index (χ3v) is 10.7. The van der Waals surface area contributed by atoms with E-state index < -0.39 is 23.8 Å². The molecule has 4 fully saturated rings. The smallest absolute Gasteiger partial charge is 0.259 e. The van der Waals surface area contributed by atoms with Gasteiger partial charge in [0.25, 0.3) is 11.8 Å². The van der Waals surface area contributed by atoms with Crippen LogP contribution in [0.3, 0.4) is 0 Å². The maximum absolute atomic E-state index is 13.9. The maximum atomic E-state index is 13.9. The number of hydrogen-bond acceptors (Lipinski definition) is 6. The van der Waals surface area contributed by atoms with Crippen molar-refractivity contribution >= 4 is 28.5 Å². The van der Waals surface area contributed by atoms with E-state index in [0.717, 1.165) is 66.8 Å². The number of nitrogens with zero attached hydrogens (tertiary/aromatic N) is 5. The lowest BCUT2D eigenvalue weighted by molar-refractivity contribution is -0.162. The molecular formula is C34H39F2N7O3. The summed E-state index contributed by atoms with van der Waals surface area (Å²) in [6.07, 6.45) is 4.97. The first-order valence-corrected chi connectivity index (χ1v) is 16.4. The van der Waals surface area contributed by atoms with Gasteiger partial charge in [0, 0.05) is 48.1 Å². The first-order valence-electron chi connectivity index (χ1n) is 16.4. The molecule has 10 nitrogen and oxygen atoms in total. The predicted molar refractivity (Wildman–Crippen MR) is 168 cm³/mol. The van der Waals surface area contributed by atoms with E-state index in [2.05, 4.69) is 16.0 Å². The fraction of sp³-hybridized carbons (Fsp3) is 0.529. The summed E-state index contributed by atoms with van der Waals surface area (Å²) < 4.78 is 37.7.